The molecule has 5 saturated carbocycles. The molecule has 0 aliphatic heterocycles. The molecule has 5 rings (SSSR count). The molecule has 0 heterocycles. The van der Waals surface area contributed by atoms with Crippen LogP contribution in [0, 0.1) is 28.6 Å². The number of hydrogen-bond acceptors (Lipinski definition) is 2. The fraction of sp³-hybridized carbons (Fsp3) is 1.00. The highest BCUT2D eigenvalue weighted by molar-refractivity contribution is 5.10. The van der Waals surface area contributed by atoms with Crippen molar-refractivity contribution in [3.05, 3.63) is 0 Å². The van der Waals surface area contributed by atoms with E-state index >= 15 is 0 Å². The van der Waals surface area contributed by atoms with Crippen molar-refractivity contribution >= 4 is 0 Å². The zero-order chi connectivity index (χ0) is 12.4. The van der Waals surface area contributed by atoms with Crippen molar-refractivity contribution in [1.29, 1.82) is 0 Å². The van der Waals surface area contributed by atoms with E-state index in [9.17, 15) is 0 Å². The molecular formula is C16H28N2. The van der Waals surface area contributed by atoms with Crippen LogP contribution in [-0.4, -0.2) is 6.04 Å². The normalized spacial score (nSPS) is 51.7. The van der Waals surface area contributed by atoms with Gasteiger partial charge in [-0.15, -0.1) is 0 Å². The molecule has 5 aliphatic carbocycles. The van der Waals surface area contributed by atoms with E-state index in [-0.39, 0.29) is 0 Å². The molecule has 5 aliphatic rings. The zero-order valence-corrected chi connectivity index (χ0v) is 11.8. The van der Waals surface area contributed by atoms with Crippen LogP contribution < -0.4 is 11.3 Å². The van der Waals surface area contributed by atoms with E-state index in [2.05, 4.69) is 12.3 Å². The topological polar surface area (TPSA) is 38.0 Å². The lowest BCUT2D eigenvalue weighted by molar-refractivity contribution is -0.119. The fourth-order valence-corrected chi connectivity index (χ4v) is 6.39. The third kappa shape index (κ3) is 1.76. The molecule has 2 nitrogen and oxygen atoms in total. The van der Waals surface area contributed by atoms with E-state index < -0.39 is 0 Å². The summed E-state index contributed by atoms with van der Waals surface area (Å²) in [5.74, 6) is 9.00. The minimum absolute atomic E-state index is 0.566. The van der Waals surface area contributed by atoms with E-state index in [0.717, 1.165) is 17.8 Å². The van der Waals surface area contributed by atoms with Gasteiger partial charge < -0.3 is 0 Å². The van der Waals surface area contributed by atoms with Crippen molar-refractivity contribution in [2.75, 3.05) is 0 Å². The van der Waals surface area contributed by atoms with Gasteiger partial charge in [-0.25, -0.2) is 0 Å². The Morgan fingerprint density at radius 3 is 2.33 bits per heavy atom. The first-order chi connectivity index (χ1) is 8.61. The maximum atomic E-state index is 5.96. The van der Waals surface area contributed by atoms with Crippen molar-refractivity contribution in [1.82, 2.24) is 5.43 Å². The van der Waals surface area contributed by atoms with Gasteiger partial charge in [-0.2, -0.15) is 0 Å². The number of nitrogens with two attached hydrogens (primary N) is 1. The molecule has 4 bridgehead atoms. The van der Waals surface area contributed by atoms with Gasteiger partial charge in [-0.1, -0.05) is 19.8 Å². The highest BCUT2D eigenvalue weighted by Crippen LogP contribution is 2.66. The molecule has 0 aromatic carbocycles. The molecule has 102 valence electrons. The first-order valence-electron chi connectivity index (χ1n) is 8.07. The maximum absolute atomic E-state index is 5.96. The lowest BCUT2D eigenvalue weighted by atomic mass is 9.43. The highest BCUT2D eigenvalue weighted by Gasteiger charge is 2.58. The standard InChI is InChI=1S/C16H28N2/c1-15-6-12-4-13(7-15)9-16(8-12,10-15)14(18-17)5-11-2-3-11/h11-14,18H,2-10,17H2,1H3. The lowest BCUT2D eigenvalue weighted by Crippen LogP contribution is -2.59. The number of hydrogen-bond donors (Lipinski definition) is 2. The average Bonchev–Trinajstić information content (AvgIpc) is 3.05. The molecule has 5 fully saturated rings. The number of rotatable bonds is 4. The second-order valence-corrected chi connectivity index (χ2v) is 8.53. The van der Waals surface area contributed by atoms with E-state index in [4.69, 9.17) is 5.84 Å². The van der Waals surface area contributed by atoms with Crippen molar-refractivity contribution in [2.45, 2.75) is 70.8 Å². The van der Waals surface area contributed by atoms with Gasteiger partial charge in [0.05, 0.1) is 0 Å². The smallest absolute Gasteiger partial charge is 0.0269 e. The predicted octanol–water partition coefficient (Wildman–Crippen LogP) is 3.22. The number of hydrazine groups is 1. The summed E-state index contributed by atoms with van der Waals surface area (Å²) in [4.78, 5) is 0. The largest absolute Gasteiger partial charge is 0.271 e. The third-order valence-corrected chi connectivity index (χ3v) is 6.61. The highest BCUT2D eigenvalue weighted by atomic mass is 15.2. The zero-order valence-electron chi connectivity index (χ0n) is 11.8. The van der Waals surface area contributed by atoms with Gasteiger partial charge in [-0.3, -0.25) is 11.3 Å². The second kappa shape index (κ2) is 3.73. The Kier molecular flexibility index (Phi) is 2.43. The summed E-state index contributed by atoms with van der Waals surface area (Å²) in [6.07, 6.45) is 13.2. The van der Waals surface area contributed by atoms with E-state index in [1.807, 2.05) is 0 Å². The Bertz CT molecular complexity index is 333. The summed E-state index contributed by atoms with van der Waals surface area (Å²) in [6.45, 7) is 2.56. The Morgan fingerprint density at radius 2 is 1.83 bits per heavy atom. The molecule has 0 saturated heterocycles. The molecule has 0 aromatic rings. The van der Waals surface area contributed by atoms with Crippen molar-refractivity contribution < 1.29 is 0 Å². The van der Waals surface area contributed by atoms with E-state index in [1.165, 1.54) is 57.8 Å². The number of nitrogens with one attached hydrogen (secondary N) is 1. The Hall–Kier alpha value is -0.0800. The molecule has 0 radical (unpaired) electrons. The van der Waals surface area contributed by atoms with Gasteiger partial charge in [0.1, 0.15) is 0 Å². The van der Waals surface area contributed by atoms with E-state index in [1.54, 1.807) is 0 Å². The van der Waals surface area contributed by atoms with Gasteiger partial charge in [-0.05, 0) is 73.5 Å². The summed E-state index contributed by atoms with van der Waals surface area (Å²) < 4.78 is 0. The first-order valence-corrected chi connectivity index (χ1v) is 8.07. The minimum Gasteiger partial charge on any atom is -0.271 e. The van der Waals surface area contributed by atoms with Gasteiger partial charge in [0, 0.05) is 6.04 Å². The Balaban J connectivity index is 1.61. The predicted molar refractivity (Wildman–Crippen MR) is 73.7 cm³/mol. The van der Waals surface area contributed by atoms with Crippen LogP contribution in [0.25, 0.3) is 0 Å². The molecule has 3 atom stereocenters. The fourth-order valence-electron chi connectivity index (χ4n) is 6.39. The summed E-state index contributed by atoms with van der Waals surface area (Å²) in [5.41, 5.74) is 4.47. The molecule has 2 heteroatoms. The lowest BCUT2D eigenvalue weighted by Gasteiger charge is -2.63. The van der Waals surface area contributed by atoms with E-state index in [0.29, 0.717) is 16.9 Å². The van der Waals surface area contributed by atoms with Crippen LogP contribution in [-0.2, 0) is 0 Å². The summed E-state index contributed by atoms with van der Waals surface area (Å²) >= 11 is 0. The molecule has 0 aromatic heterocycles. The third-order valence-electron chi connectivity index (χ3n) is 6.61. The van der Waals surface area contributed by atoms with Crippen LogP contribution in [0.4, 0.5) is 0 Å². The Morgan fingerprint density at radius 1 is 1.17 bits per heavy atom. The van der Waals surface area contributed by atoms with Crippen LogP contribution in [0.2, 0.25) is 0 Å². The summed E-state index contributed by atoms with van der Waals surface area (Å²) in [7, 11) is 0. The summed E-state index contributed by atoms with van der Waals surface area (Å²) in [5, 5.41) is 0. The first kappa shape index (κ1) is 11.7. The monoisotopic (exact) mass is 248 g/mol. The second-order valence-electron chi connectivity index (χ2n) is 8.53. The van der Waals surface area contributed by atoms with Crippen molar-refractivity contribution in [3.8, 4) is 0 Å². The van der Waals surface area contributed by atoms with Crippen molar-refractivity contribution in [2.24, 2.45) is 34.4 Å². The Labute approximate surface area is 111 Å². The molecule has 18 heavy (non-hydrogen) atoms. The van der Waals surface area contributed by atoms with Crippen molar-refractivity contribution in [3.63, 3.8) is 0 Å². The molecule has 0 spiro atoms. The SMILES string of the molecule is CC12CC3CC(C1)CC(C(CC1CC1)NN)(C3)C2. The van der Waals surface area contributed by atoms with Crippen LogP contribution >= 0.6 is 0 Å². The molecule has 3 unspecified atom stereocenters. The maximum Gasteiger partial charge on any atom is 0.0269 e. The molecule has 3 N–H and O–H groups in total. The average molecular weight is 248 g/mol. The van der Waals surface area contributed by atoms with Gasteiger partial charge >= 0.3 is 0 Å². The van der Waals surface area contributed by atoms with Gasteiger partial charge in [0.25, 0.3) is 0 Å². The summed E-state index contributed by atoms with van der Waals surface area (Å²) in [6, 6.07) is 0.607. The quantitative estimate of drug-likeness (QED) is 0.592. The van der Waals surface area contributed by atoms with Gasteiger partial charge in [0.2, 0.25) is 0 Å². The van der Waals surface area contributed by atoms with Crippen LogP contribution in [0.5, 0.6) is 0 Å². The van der Waals surface area contributed by atoms with Gasteiger partial charge in [0.15, 0.2) is 0 Å². The minimum atomic E-state index is 0.566. The van der Waals surface area contributed by atoms with Crippen LogP contribution in [0.1, 0.15) is 64.7 Å². The van der Waals surface area contributed by atoms with Crippen LogP contribution in [0.15, 0.2) is 0 Å². The molecule has 0 amide bonds. The molecular weight excluding hydrogens is 220 g/mol. The van der Waals surface area contributed by atoms with Crippen LogP contribution in [0.3, 0.4) is 0 Å².